The Kier molecular flexibility index (Phi) is 7.06. The number of sulfonamides is 1. The number of amides is 1. The van der Waals surface area contributed by atoms with Crippen LogP contribution < -0.4 is 19.1 Å². The number of methoxy groups -OCH3 is 2. The smallest absolute Gasteiger partial charge is 0.240 e. The molecule has 8 heteroatoms. The Morgan fingerprint density at radius 1 is 1.04 bits per heavy atom. The Morgan fingerprint density at radius 3 is 2.30 bits per heavy atom. The van der Waals surface area contributed by atoms with E-state index < -0.39 is 10.0 Å². The van der Waals surface area contributed by atoms with Crippen molar-refractivity contribution in [2.75, 3.05) is 37.9 Å². The fourth-order valence-corrected chi connectivity index (χ4v) is 3.34. The first-order chi connectivity index (χ1) is 12.8. The van der Waals surface area contributed by atoms with E-state index in [1.807, 2.05) is 24.3 Å². The first-order valence-corrected chi connectivity index (χ1v) is 10.2. The molecule has 0 unspecified atom stereocenters. The number of carbonyl (C=O) groups is 1. The Labute approximate surface area is 160 Å². The minimum atomic E-state index is -3.62. The van der Waals surface area contributed by atoms with Crippen molar-refractivity contribution in [1.29, 1.82) is 0 Å². The summed E-state index contributed by atoms with van der Waals surface area (Å²) in [5, 5.41) is 2.75. The third kappa shape index (κ3) is 6.18. The minimum absolute atomic E-state index is 0.297. The van der Waals surface area contributed by atoms with Crippen molar-refractivity contribution in [3.63, 3.8) is 0 Å². The van der Waals surface area contributed by atoms with E-state index >= 15 is 0 Å². The van der Waals surface area contributed by atoms with E-state index in [9.17, 15) is 13.2 Å². The zero-order valence-electron chi connectivity index (χ0n) is 15.6. The largest absolute Gasteiger partial charge is 0.497 e. The van der Waals surface area contributed by atoms with Gasteiger partial charge in [-0.3, -0.25) is 9.10 Å². The van der Waals surface area contributed by atoms with Crippen molar-refractivity contribution in [2.24, 2.45) is 0 Å². The van der Waals surface area contributed by atoms with Gasteiger partial charge in [0.05, 0.1) is 26.2 Å². The number of nitrogens with zero attached hydrogens (tertiary/aromatic N) is 1. The van der Waals surface area contributed by atoms with Crippen molar-refractivity contribution < 1.29 is 22.7 Å². The number of benzene rings is 2. The average Bonchev–Trinajstić information content (AvgIpc) is 2.66. The van der Waals surface area contributed by atoms with E-state index in [4.69, 9.17) is 9.47 Å². The van der Waals surface area contributed by atoms with Crippen LogP contribution in [0.15, 0.2) is 48.5 Å². The highest BCUT2D eigenvalue weighted by atomic mass is 32.2. The van der Waals surface area contributed by atoms with Crippen molar-refractivity contribution in [1.82, 2.24) is 5.32 Å². The standard InChI is InChI=1S/C19H24N2O5S/c1-25-17-9-7-15(8-10-17)11-12-20-19(22)14-21(27(3,23)24)16-5-4-6-18(13-16)26-2/h4-10,13H,11-12,14H2,1-3H3,(H,20,22). The van der Waals surface area contributed by atoms with Crippen LogP contribution in [-0.2, 0) is 21.2 Å². The summed E-state index contributed by atoms with van der Waals surface area (Å²) < 4.78 is 35.5. The fourth-order valence-electron chi connectivity index (χ4n) is 2.49. The number of hydrogen-bond acceptors (Lipinski definition) is 5. The van der Waals surface area contributed by atoms with Crippen molar-refractivity contribution >= 4 is 21.6 Å². The summed E-state index contributed by atoms with van der Waals surface area (Å²) >= 11 is 0. The highest BCUT2D eigenvalue weighted by molar-refractivity contribution is 7.92. The summed E-state index contributed by atoms with van der Waals surface area (Å²) in [6.07, 6.45) is 1.70. The zero-order chi connectivity index (χ0) is 19.9. The molecule has 27 heavy (non-hydrogen) atoms. The zero-order valence-corrected chi connectivity index (χ0v) is 16.5. The van der Waals surface area contributed by atoms with Crippen molar-refractivity contribution in [3.8, 4) is 11.5 Å². The van der Waals surface area contributed by atoms with Gasteiger partial charge < -0.3 is 14.8 Å². The lowest BCUT2D eigenvalue weighted by molar-refractivity contribution is -0.119. The third-order valence-corrected chi connectivity index (χ3v) is 5.06. The third-order valence-electron chi connectivity index (χ3n) is 3.92. The maximum Gasteiger partial charge on any atom is 0.240 e. The molecule has 2 aromatic carbocycles. The highest BCUT2D eigenvalue weighted by Gasteiger charge is 2.21. The summed E-state index contributed by atoms with van der Waals surface area (Å²) in [5.41, 5.74) is 1.42. The van der Waals surface area contributed by atoms with Gasteiger partial charge in [-0.1, -0.05) is 18.2 Å². The van der Waals surface area contributed by atoms with Crippen LogP contribution in [0.2, 0.25) is 0 Å². The highest BCUT2D eigenvalue weighted by Crippen LogP contribution is 2.22. The maximum atomic E-state index is 12.3. The van der Waals surface area contributed by atoms with Crippen LogP contribution in [0.1, 0.15) is 5.56 Å². The second kappa shape index (κ2) is 9.27. The molecule has 0 aliphatic carbocycles. The van der Waals surface area contributed by atoms with E-state index in [0.29, 0.717) is 24.4 Å². The fraction of sp³-hybridized carbons (Fsp3) is 0.316. The van der Waals surface area contributed by atoms with Gasteiger partial charge in [-0.05, 0) is 36.2 Å². The van der Waals surface area contributed by atoms with E-state index in [1.54, 1.807) is 31.4 Å². The molecular formula is C19H24N2O5S. The van der Waals surface area contributed by atoms with Crippen LogP contribution in [0.5, 0.6) is 11.5 Å². The van der Waals surface area contributed by atoms with Crippen molar-refractivity contribution in [2.45, 2.75) is 6.42 Å². The van der Waals surface area contributed by atoms with Crippen LogP contribution in [0, 0.1) is 0 Å². The molecule has 7 nitrogen and oxygen atoms in total. The van der Waals surface area contributed by atoms with Gasteiger partial charge >= 0.3 is 0 Å². The minimum Gasteiger partial charge on any atom is -0.497 e. The van der Waals surface area contributed by atoms with E-state index in [0.717, 1.165) is 21.9 Å². The van der Waals surface area contributed by atoms with Crippen molar-refractivity contribution in [3.05, 3.63) is 54.1 Å². The quantitative estimate of drug-likeness (QED) is 0.704. The molecule has 0 bridgehead atoms. The van der Waals surface area contributed by atoms with Gasteiger partial charge in [0.15, 0.2) is 0 Å². The molecule has 0 atom stereocenters. The van der Waals surface area contributed by atoms with Gasteiger partial charge in [0.1, 0.15) is 18.0 Å². The lowest BCUT2D eigenvalue weighted by atomic mass is 10.1. The summed E-state index contributed by atoms with van der Waals surface area (Å²) in [5.74, 6) is 0.905. The SMILES string of the molecule is COc1ccc(CCNC(=O)CN(c2cccc(OC)c2)S(C)(=O)=O)cc1. The molecule has 0 saturated carbocycles. The summed E-state index contributed by atoms with van der Waals surface area (Å²) in [7, 11) is -0.522. The van der Waals surface area contributed by atoms with Gasteiger partial charge in [-0.2, -0.15) is 0 Å². The molecule has 2 rings (SSSR count). The first kappa shape index (κ1) is 20.6. The van der Waals surface area contributed by atoms with Gasteiger partial charge in [0, 0.05) is 12.6 Å². The van der Waals surface area contributed by atoms with Gasteiger partial charge in [0.2, 0.25) is 15.9 Å². The normalized spacial score (nSPS) is 10.9. The Bertz CT molecular complexity index is 866. The molecule has 2 aromatic rings. The van der Waals surface area contributed by atoms with E-state index in [-0.39, 0.29) is 12.5 Å². The number of hydrogen-bond donors (Lipinski definition) is 1. The second-order valence-corrected chi connectivity index (χ2v) is 7.83. The molecule has 1 amide bonds. The van der Waals surface area contributed by atoms with Gasteiger partial charge in [0.25, 0.3) is 0 Å². The van der Waals surface area contributed by atoms with E-state index in [2.05, 4.69) is 5.32 Å². The predicted molar refractivity (Wildman–Crippen MR) is 105 cm³/mol. The molecule has 0 radical (unpaired) electrons. The number of anilines is 1. The van der Waals surface area contributed by atoms with E-state index in [1.165, 1.54) is 7.11 Å². The first-order valence-electron chi connectivity index (χ1n) is 8.35. The van der Waals surface area contributed by atoms with Crippen LogP contribution in [0.3, 0.4) is 0 Å². The van der Waals surface area contributed by atoms with Gasteiger partial charge in [-0.25, -0.2) is 8.42 Å². The van der Waals surface area contributed by atoms with Gasteiger partial charge in [-0.15, -0.1) is 0 Å². The monoisotopic (exact) mass is 392 g/mol. The lowest BCUT2D eigenvalue weighted by Gasteiger charge is -2.22. The summed E-state index contributed by atoms with van der Waals surface area (Å²) in [6, 6.07) is 14.1. The topological polar surface area (TPSA) is 84.9 Å². The number of nitrogens with one attached hydrogen (secondary N) is 1. The second-order valence-electron chi connectivity index (χ2n) is 5.92. The van der Waals surface area contributed by atoms with Crippen LogP contribution in [-0.4, -0.2) is 47.9 Å². The molecule has 0 fully saturated rings. The Morgan fingerprint density at radius 2 is 1.70 bits per heavy atom. The van der Waals surface area contributed by atoms with Crippen LogP contribution >= 0.6 is 0 Å². The van der Waals surface area contributed by atoms with Crippen LogP contribution in [0.4, 0.5) is 5.69 Å². The molecule has 0 spiro atoms. The molecule has 146 valence electrons. The number of carbonyl (C=O) groups excluding carboxylic acids is 1. The predicted octanol–water partition coefficient (Wildman–Crippen LogP) is 1.83. The molecule has 0 saturated heterocycles. The lowest BCUT2D eigenvalue weighted by Crippen LogP contribution is -2.40. The number of rotatable bonds is 9. The Balaban J connectivity index is 1.97. The summed E-state index contributed by atoms with van der Waals surface area (Å²) in [4.78, 5) is 12.3. The van der Waals surface area contributed by atoms with Crippen LogP contribution in [0.25, 0.3) is 0 Å². The summed E-state index contributed by atoms with van der Waals surface area (Å²) in [6.45, 7) is 0.107. The average molecular weight is 392 g/mol. The molecule has 0 aromatic heterocycles. The Hall–Kier alpha value is -2.74. The maximum absolute atomic E-state index is 12.3. The molecular weight excluding hydrogens is 368 g/mol. The molecule has 0 aliphatic heterocycles. The number of ether oxygens (including phenoxy) is 2. The molecule has 0 aliphatic rings. The molecule has 0 heterocycles. The molecule has 1 N–H and O–H groups in total.